The lowest BCUT2D eigenvalue weighted by Crippen LogP contribution is -2.15. The van der Waals surface area contributed by atoms with Crippen molar-refractivity contribution in [2.24, 2.45) is 5.92 Å². The van der Waals surface area contributed by atoms with Crippen molar-refractivity contribution < 1.29 is 9.90 Å². The highest BCUT2D eigenvalue weighted by molar-refractivity contribution is 5.99. The molecule has 0 saturated heterocycles. The van der Waals surface area contributed by atoms with Crippen molar-refractivity contribution >= 4 is 34.2 Å². The lowest BCUT2D eigenvalue weighted by atomic mass is 9.73. The SMILES string of the molecule is O=C(O)/C=C/c1ccc(/C(=C(\c2ccccc2)C2CCC2)c2ccc3[nH]ncc3n2)cc1. The summed E-state index contributed by atoms with van der Waals surface area (Å²) >= 11 is 0. The van der Waals surface area contributed by atoms with Gasteiger partial charge in [0.15, 0.2) is 0 Å². The average molecular weight is 422 g/mol. The molecular weight excluding hydrogens is 398 g/mol. The van der Waals surface area contributed by atoms with E-state index in [9.17, 15) is 4.79 Å². The van der Waals surface area contributed by atoms with Crippen LogP contribution in [-0.4, -0.2) is 26.3 Å². The number of pyridine rings is 1. The Morgan fingerprint density at radius 2 is 1.75 bits per heavy atom. The highest BCUT2D eigenvalue weighted by Crippen LogP contribution is 2.44. The molecular formula is C27H23N3O2. The molecule has 0 amide bonds. The van der Waals surface area contributed by atoms with Crippen molar-refractivity contribution in [3.8, 4) is 0 Å². The molecule has 1 saturated carbocycles. The Morgan fingerprint density at radius 3 is 2.44 bits per heavy atom. The van der Waals surface area contributed by atoms with Gasteiger partial charge in [-0.2, -0.15) is 5.10 Å². The molecule has 2 heterocycles. The predicted molar refractivity (Wildman–Crippen MR) is 127 cm³/mol. The van der Waals surface area contributed by atoms with Crippen LogP contribution in [0.5, 0.6) is 0 Å². The lowest BCUT2D eigenvalue weighted by molar-refractivity contribution is -0.131. The summed E-state index contributed by atoms with van der Waals surface area (Å²) < 4.78 is 0. The van der Waals surface area contributed by atoms with Crippen LogP contribution in [0.2, 0.25) is 0 Å². The number of H-pyrrole nitrogens is 1. The van der Waals surface area contributed by atoms with E-state index in [1.807, 2.05) is 24.3 Å². The van der Waals surface area contributed by atoms with E-state index in [1.165, 1.54) is 30.4 Å². The number of benzene rings is 2. The number of nitrogens with one attached hydrogen (secondary N) is 1. The molecule has 0 bridgehead atoms. The van der Waals surface area contributed by atoms with Crippen LogP contribution in [0.15, 0.2) is 79.0 Å². The van der Waals surface area contributed by atoms with Gasteiger partial charge in [-0.25, -0.2) is 9.78 Å². The second-order valence-corrected chi connectivity index (χ2v) is 8.08. The van der Waals surface area contributed by atoms with Crippen LogP contribution in [0.25, 0.3) is 28.3 Å². The Labute approximate surface area is 186 Å². The molecule has 2 aromatic carbocycles. The van der Waals surface area contributed by atoms with Crippen LogP contribution >= 0.6 is 0 Å². The summed E-state index contributed by atoms with van der Waals surface area (Å²) in [6.07, 6.45) is 8.09. The summed E-state index contributed by atoms with van der Waals surface area (Å²) in [5.74, 6) is -0.468. The highest BCUT2D eigenvalue weighted by atomic mass is 16.4. The Bertz CT molecular complexity index is 1310. The zero-order chi connectivity index (χ0) is 21.9. The highest BCUT2D eigenvalue weighted by Gasteiger charge is 2.27. The fraction of sp³-hybridized carbons (Fsp3) is 0.148. The van der Waals surface area contributed by atoms with E-state index in [4.69, 9.17) is 10.1 Å². The van der Waals surface area contributed by atoms with Gasteiger partial charge in [0.1, 0.15) is 5.52 Å². The molecule has 2 aromatic heterocycles. The maximum atomic E-state index is 10.9. The number of hydrogen-bond acceptors (Lipinski definition) is 3. The fourth-order valence-corrected chi connectivity index (χ4v) is 4.24. The maximum absolute atomic E-state index is 10.9. The minimum atomic E-state index is -0.955. The van der Waals surface area contributed by atoms with Crippen molar-refractivity contribution in [1.29, 1.82) is 0 Å². The molecule has 5 heteroatoms. The monoisotopic (exact) mass is 421 g/mol. The zero-order valence-electron chi connectivity index (χ0n) is 17.5. The minimum absolute atomic E-state index is 0.487. The molecule has 1 aliphatic rings. The number of hydrogen-bond donors (Lipinski definition) is 2. The normalized spacial score (nSPS) is 15.0. The number of allylic oxidation sites excluding steroid dienone is 1. The van der Waals surface area contributed by atoms with Gasteiger partial charge in [-0.15, -0.1) is 0 Å². The first-order valence-corrected chi connectivity index (χ1v) is 10.8. The molecule has 158 valence electrons. The molecule has 5 nitrogen and oxygen atoms in total. The van der Waals surface area contributed by atoms with E-state index < -0.39 is 5.97 Å². The average Bonchev–Trinajstić information content (AvgIpc) is 3.25. The third kappa shape index (κ3) is 3.97. The van der Waals surface area contributed by atoms with Crippen molar-refractivity contribution in [3.05, 3.63) is 101 Å². The molecule has 1 aliphatic carbocycles. The predicted octanol–water partition coefficient (Wildman–Crippen LogP) is 5.81. The van der Waals surface area contributed by atoms with E-state index >= 15 is 0 Å². The fourth-order valence-electron chi connectivity index (χ4n) is 4.24. The number of aromatic amines is 1. The first-order chi connectivity index (χ1) is 15.7. The molecule has 0 spiro atoms. The van der Waals surface area contributed by atoms with E-state index in [0.29, 0.717) is 5.92 Å². The van der Waals surface area contributed by atoms with Crippen LogP contribution in [0.4, 0.5) is 0 Å². The summed E-state index contributed by atoms with van der Waals surface area (Å²) in [7, 11) is 0. The van der Waals surface area contributed by atoms with Gasteiger partial charge in [0.05, 0.1) is 17.4 Å². The molecule has 2 N–H and O–H groups in total. The number of carbonyl (C=O) groups is 1. The molecule has 0 radical (unpaired) electrons. The van der Waals surface area contributed by atoms with Crippen molar-refractivity contribution in [1.82, 2.24) is 15.2 Å². The van der Waals surface area contributed by atoms with Gasteiger partial charge >= 0.3 is 5.97 Å². The number of carboxylic acid groups (broad SMARTS) is 1. The Kier molecular flexibility index (Phi) is 5.38. The van der Waals surface area contributed by atoms with Crippen molar-refractivity contribution in [2.75, 3.05) is 0 Å². The number of carboxylic acids is 1. The molecule has 0 atom stereocenters. The van der Waals surface area contributed by atoms with Gasteiger partial charge in [-0.1, -0.05) is 61.0 Å². The summed E-state index contributed by atoms with van der Waals surface area (Å²) in [4.78, 5) is 15.8. The number of nitrogens with zero attached hydrogens (tertiary/aromatic N) is 2. The molecule has 5 rings (SSSR count). The van der Waals surface area contributed by atoms with Gasteiger partial charge in [0.25, 0.3) is 0 Å². The van der Waals surface area contributed by atoms with Crippen LogP contribution in [0, 0.1) is 5.92 Å². The van der Waals surface area contributed by atoms with Gasteiger partial charge < -0.3 is 5.11 Å². The summed E-state index contributed by atoms with van der Waals surface area (Å²) in [5, 5.41) is 16.0. The van der Waals surface area contributed by atoms with Crippen molar-refractivity contribution in [3.63, 3.8) is 0 Å². The van der Waals surface area contributed by atoms with E-state index in [1.54, 1.807) is 12.3 Å². The Balaban J connectivity index is 1.71. The summed E-state index contributed by atoms with van der Waals surface area (Å²) in [5.41, 5.74) is 8.24. The first-order valence-electron chi connectivity index (χ1n) is 10.8. The first kappa shape index (κ1) is 19.9. The summed E-state index contributed by atoms with van der Waals surface area (Å²) in [6, 6.07) is 22.6. The van der Waals surface area contributed by atoms with Gasteiger partial charge in [0.2, 0.25) is 0 Å². The molecule has 0 unspecified atom stereocenters. The number of aliphatic carboxylic acids is 1. The third-order valence-corrected chi connectivity index (χ3v) is 6.04. The molecule has 32 heavy (non-hydrogen) atoms. The van der Waals surface area contributed by atoms with E-state index in [2.05, 4.69) is 52.7 Å². The Hall–Kier alpha value is -3.99. The molecule has 1 fully saturated rings. The summed E-state index contributed by atoms with van der Waals surface area (Å²) in [6.45, 7) is 0. The second-order valence-electron chi connectivity index (χ2n) is 8.08. The third-order valence-electron chi connectivity index (χ3n) is 6.04. The van der Waals surface area contributed by atoms with E-state index in [-0.39, 0.29) is 0 Å². The maximum Gasteiger partial charge on any atom is 0.328 e. The van der Waals surface area contributed by atoms with Gasteiger partial charge in [-0.05, 0) is 59.2 Å². The Morgan fingerprint density at radius 1 is 0.969 bits per heavy atom. The van der Waals surface area contributed by atoms with Crippen LogP contribution in [0.3, 0.4) is 0 Å². The molecule has 4 aromatic rings. The van der Waals surface area contributed by atoms with E-state index in [0.717, 1.165) is 39.5 Å². The number of fused-ring (bicyclic) bond motifs is 1. The van der Waals surface area contributed by atoms with Crippen molar-refractivity contribution in [2.45, 2.75) is 19.3 Å². The topological polar surface area (TPSA) is 78.9 Å². The quantitative estimate of drug-likeness (QED) is 0.304. The lowest BCUT2D eigenvalue weighted by Gasteiger charge is -2.31. The molecule has 0 aliphatic heterocycles. The smallest absolute Gasteiger partial charge is 0.328 e. The number of rotatable bonds is 6. The van der Waals surface area contributed by atoms with Gasteiger partial charge in [-0.3, -0.25) is 5.10 Å². The minimum Gasteiger partial charge on any atom is -0.478 e. The van der Waals surface area contributed by atoms with Crippen LogP contribution in [0.1, 0.15) is 41.6 Å². The van der Waals surface area contributed by atoms with Crippen LogP contribution < -0.4 is 0 Å². The number of aromatic nitrogens is 3. The second kappa shape index (κ2) is 8.63. The zero-order valence-corrected chi connectivity index (χ0v) is 17.5. The van der Waals surface area contributed by atoms with Gasteiger partial charge in [0, 0.05) is 11.6 Å². The largest absolute Gasteiger partial charge is 0.478 e. The standard InChI is InChI=1S/C27H23N3O2/c31-25(32)16-11-18-9-12-21(13-10-18)27(23-15-14-22-24(29-23)17-28-30-22)26(20-7-4-8-20)19-5-2-1-3-6-19/h1-3,5-6,9-17,20H,4,7-8H2,(H,28,30)(H,31,32)/b16-11+,27-26-. The van der Waals surface area contributed by atoms with Crippen LogP contribution in [-0.2, 0) is 4.79 Å².